The maximum Gasteiger partial charge on any atom is 0.305 e. The molecule has 0 fully saturated rings. The minimum absolute atomic E-state index is 0.0983. The van der Waals surface area contributed by atoms with E-state index in [1.54, 1.807) is 0 Å². The van der Waals surface area contributed by atoms with Crippen LogP contribution in [0.1, 0.15) is 26.0 Å². The summed E-state index contributed by atoms with van der Waals surface area (Å²) in [5.74, 6) is 0.552. The normalized spacial score (nSPS) is 10.8. The van der Waals surface area contributed by atoms with E-state index in [2.05, 4.69) is 9.72 Å². The van der Waals surface area contributed by atoms with E-state index in [4.69, 9.17) is 4.74 Å². The number of esters is 1. The molecule has 1 heterocycles. The third-order valence-electron chi connectivity index (χ3n) is 2.92. The van der Waals surface area contributed by atoms with E-state index in [9.17, 15) is 4.79 Å². The van der Waals surface area contributed by atoms with Crippen molar-refractivity contribution in [1.29, 1.82) is 0 Å². The Morgan fingerprint density at radius 3 is 2.75 bits per heavy atom. The smallest absolute Gasteiger partial charge is 0.305 e. The van der Waals surface area contributed by atoms with Crippen LogP contribution in [0.2, 0.25) is 0 Å². The molecule has 0 amide bonds. The highest BCUT2D eigenvalue weighted by atomic mass is 16.5. The highest BCUT2D eigenvalue weighted by Crippen LogP contribution is 2.25. The van der Waals surface area contributed by atoms with Gasteiger partial charge in [0.25, 0.3) is 0 Å². The Bertz CT molecular complexity index is 608. The minimum Gasteiger partial charge on any atom is -0.489 e. The molecule has 4 heteroatoms. The number of fused-ring (bicyclic) bond motifs is 1. The number of hydrogen-bond donors (Lipinski definition) is 0. The fourth-order valence-electron chi connectivity index (χ4n) is 1.98. The molecule has 0 aliphatic carbocycles. The van der Waals surface area contributed by atoms with Crippen molar-refractivity contribution in [2.24, 2.45) is 0 Å². The van der Waals surface area contributed by atoms with Crippen LogP contribution in [-0.2, 0) is 16.0 Å². The summed E-state index contributed by atoms with van der Waals surface area (Å²) in [7, 11) is 1.39. The van der Waals surface area contributed by atoms with Crippen molar-refractivity contribution < 1.29 is 14.3 Å². The molecule has 4 nitrogen and oxygen atoms in total. The average Bonchev–Trinajstić information content (AvgIpc) is 2.44. The lowest BCUT2D eigenvalue weighted by atomic mass is 10.1. The molecule has 2 aromatic rings. The van der Waals surface area contributed by atoms with E-state index in [1.165, 1.54) is 7.11 Å². The number of ether oxygens (including phenoxy) is 2. The Hall–Kier alpha value is -2.10. The van der Waals surface area contributed by atoms with E-state index >= 15 is 0 Å². The molecular formula is C16H19NO3. The largest absolute Gasteiger partial charge is 0.489 e. The second kappa shape index (κ2) is 6.37. The number of carbonyl (C=O) groups excluding carboxylic acids is 1. The van der Waals surface area contributed by atoms with Crippen LogP contribution in [0.4, 0.5) is 0 Å². The molecule has 0 saturated heterocycles. The Morgan fingerprint density at radius 2 is 2.05 bits per heavy atom. The summed E-state index contributed by atoms with van der Waals surface area (Å²) < 4.78 is 10.4. The zero-order chi connectivity index (χ0) is 14.5. The van der Waals surface area contributed by atoms with E-state index in [0.717, 1.165) is 22.3 Å². The second-order valence-corrected chi connectivity index (χ2v) is 4.87. The number of methoxy groups -OCH3 is 1. The quantitative estimate of drug-likeness (QED) is 0.785. The number of para-hydroxylation sites is 1. The molecule has 0 atom stereocenters. The predicted octanol–water partition coefficient (Wildman–Crippen LogP) is 3.13. The summed E-state index contributed by atoms with van der Waals surface area (Å²) in [6, 6.07) is 9.81. The molecule has 20 heavy (non-hydrogen) atoms. The van der Waals surface area contributed by atoms with E-state index < -0.39 is 0 Å². The Kier molecular flexibility index (Phi) is 4.56. The summed E-state index contributed by atoms with van der Waals surface area (Å²) >= 11 is 0. The molecule has 0 unspecified atom stereocenters. The number of benzene rings is 1. The molecular weight excluding hydrogens is 254 g/mol. The predicted molar refractivity (Wildman–Crippen MR) is 77.8 cm³/mol. The topological polar surface area (TPSA) is 48.4 Å². The van der Waals surface area contributed by atoms with Gasteiger partial charge in [-0.15, -0.1) is 0 Å². The summed E-state index contributed by atoms with van der Waals surface area (Å²) in [5.41, 5.74) is 1.70. The number of aryl methyl sites for hydroxylation is 1. The summed E-state index contributed by atoms with van der Waals surface area (Å²) in [5, 5.41) is 1.03. The van der Waals surface area contributed by atoms with Crippen LogP contribution in [0.5, 0.6) is 5.75 Å². The molecule has 0 spiro atoms. The molecule has 0 N–H and O–H groups in total. The van der Waals surface area contributed by atoms with Crippen LogP contribution in [-0.4, -0.2) is 24.2 Å². The lowest BCUT2D eigenvalue weighted by molar-refractivity contribution is -0.140. The van der Waals surface area contributed by atoms with Crippen LogP contribution in [0.15, 0.2) is 30.3 Å². The van der Waals surface area contributed by atoms with Crippen LogP contribution in [0.3, 0.4) is 0 Å². The van der Waals surface area contributed by atoms with Crippen molar-refractivity contribution in [2.75, 3.05) is 7.11 Å². The number of hydrogen-bond acceptors (Lipinski definition) is 4. The molecule has 0 bridgehead atoms. The maximum atomic E-state index is 11.2. The Labute approximate surface area is 118 Å². The van der Waals surface area contributed by atoms with Gasteiger partial charge in [0.15, 0.2) is 0 Å². The van der Waals surface area contributed by atoms with Gasteiger partial charge in [0.05, 0.1) is 19.6 Å². The lowest BCUT2D eigenvalue weighted by Crippen LogP contribution is -2.07. The number of aromatic nitrogens is 1. The highest BCUT2D eigenvalue weighted by molar-refractivity contribution is 5.84. The molecule has 0 aliphatic heterocycles. The second-order valence-electron chi connectivity index (χ2n) is 4.87. The Morgan fingerprint density at radius 1 is 1.25 bits per heavy atom. The van der Waals surface area contributed by atoms with Crippen LogP contribution >= 0.6 is 0 Å². The summed E-state index contributed by atoms with van der Waals surface area (Å²) in [6.07, 6.45) is 1.00. The number of carbonyl (C=O) groups is 1. The zero-order valence-electron chi connectivity index (χ0n) is 12.1. The van der Waals surface area contributed by atoms with Crippen molar-refractivity contribution in [3.05, 3.63) is 36.0 Å². The van der Waals surface area contributed by atoms with Gasteiger partial charge in [-0.05, 0) is 26.0 Å². The first kappa shape index (κ1) is 14.3. The molecule has 1 aromatic carbocycles. The van der Waals surface area contributed by atoms with Gasteiger partial charge in [0.1, 0.15) is 11.3 Å². The van der Waals surface area contributed by atoms with Gasteiger partial charge in [0.2, 0.25) is 0 Å². The van der Waals surface area contributed by atoms with E-state index in [-0.39, 0.29) is 12.1 Å². The van der Waals surface area contributed by atoms with Crippen molar-refractivity contribution in [3.63, 3.8) is 0 Å². The van der Waals surface area contributed by atoms with Crippen LogP contribution in [0, 0.1) is 0 Å². The maximum absolute atomic E-state index is 11.2. The monoisotopic (exact) mass is 273 g/mol. The van der Waals surface area contributed by atoms with Crippen molar-refractivity contribution in [2.45, 2.75) is 32.8 Å². The fraction of sp³-hybridized carbons (Fsp3) is 0.375. The average molecular weight is 273 g/mol. The zero-order valence-corrected chi connectivity index (χ0v) is 12.1. The van der Waals surface area contributed by atoms with Gasteiger partial charge in [-0.2, -0.15) is 0 Å². The first-order chi connectivity index (χ1) is 9.60. The molecule has 106 valence electrons. The molecule has 0 saturated carbocycles. The van der Waals surface area contributed by atoms with Gasteiger partial charge >= 0.3 is 5.97 Å². The molecule has 0 radical (unpaired) electrons. The lowest BCUT2D eigenvalue weighted by Gasteiger charge is -2.12. The highest BCUT2D eigenvalue weighted by Gasteiger charge is 2.08. The first-order valence-electron chi connectivity index (χ1n) is 6.72. The molecule has 0 aliphatic rings. The first-order valence-corrected chi connectivity index (χ1v) is 6.72. The van der Waals surface area contributed by atoms with Gasteiger partial charge < -0.3 is 9.47 Å². The number of nitrogens with zero attached hydrogens (tertiary/aromatic N) is 1. The number of rotatable bonds is 5. The van der Waals surface area contributed by atoms with Crippen molar-refractivity contribution in [3.8, 4) is 5.75 Å². The van der Waals surface area contributed by atoms with Crippen molar-refractivity contribution in [1.82, 2.24) is 4.98 Å². The minimum atomic E-state index is -0.224. The van der Waals surface area contributed by atoms with Crippen LogP contribution < -0.4 is 4.74 Å². The van der Waals surface area contributed by atoms with Gasteiger partial charge in [-0.25, -0.2) is 4.98 Å². The SMILES string of the molecule is COC(=O)CCc1ccc2cccc(OC(C)C)c2n1. The third kappa shape index (κ3) is 3.47. The standard InChI is InChI=1S/C16H19NO3/c1-11(2)20-14-6-4-5-12-7-8-13(17-16(12)14)9-10-15(18)19-3/h4-8,11H,9-10H2,1-3H3. The van der Waals surface area contributed by atoms with Crippen LogP contribution in [0.25, 0.3) is 10.9 Å². The van der Waals surface area contributed by atoms with Gasteiger partial charge in [-0.1, -0.05) is 18.2 Å². The van der Waals surface area contributed by atoms with E-state index in [0.29, 0.717) is 12.8 Å². The molecule has 2 rings (SSSR count). The van der Waals surface area contributed by atoms with Gasteiger partial charge in [0, 0.05) is 17.5 Å². The third-order valence-corrected chi connectivity index (χ3v) is 2.92. The van der Waals surface area contributed by atoms with Gasteiger partial charge in [-0.3, -0.25) is 4.79 Å². The summed E-state index contributed by atoms with van der Waals surface area (Å²) in [4.78, 5) is 15.8. The Balaban J connectivity index is 2.28. The fourth-order valence-corrected chi connectivity index (χ4v) is 1.98. The number of pyridine rings is 1. The summed E-state index contributed by atoms with van der Waals surface area (Å²) in [6.45, 7) is 3.97. The molecule has 1 aromatic heterocycles. The van der Waals surface area contributed by atoms with Crippen molar-refractivity contribution >= 4 is 16.9 Å². The van der Waals surface area contributed by atoms with E-state index in [1.807, 2.05) is 44.2 Å².